The maximum absolute atomic E-state index is 13.1. The smallest absolute Gasteiger partial charge is 0.254 e. The lowest BCUT2D eigenvalue weighted by molar-refractivity contribution is 0.100. The van der Waals surface area contributed by atoms with Crippen LogP contribution in [-0.4, -0.2) is 15.9 Å². The lowest BCUT2D eigenvalue weighted by Crippen LogP contribution is -2.15. The molecule has 0 aliphatic rings. The van der Waals surface area contributed by atoms with E-state index in [0.717, 1.165) is 0 Å². The van der Waals surface area contributed by atoms with Crippen LogP contribution in [0.3, 0.4) is 0 Å². The Morgan fingerprint density at radius 3 is 2.67 bits per heavy atom. The first-order chi connectivity index (χ1) is 8.49. The monoisotopic (exact) mass is 246 g/mol. The van der Waals surface area contributed by atoms with E-state index in [1.54, 1.807) is 19.1 Å². The van der Waals surface area contributed by atoms with Crippen LogP contribution in [-0.2, 0) is 0 Å². The van der Waals surface area contributed by atoms with Crippen molar-refractivity contribution >= 4 is 11.7 Å². The van der Waals surface area contributed by atoms with Crippen LogP contribution in [0.15, 0.2) is 24.4 Å². The maximum atomic E-state index is 13.1. The number of carbonyl (C=O) groups excluding carboxylic acids is 1. The third kappa shape index (κ3) is 2.13. The maximum Gasteiger partial charge on any atom is 0.254 e. The molecular formula is C12H11FN4O. The van der Waals surface area contributed by atoms with Gasteiger partial charge in [-0.3, -0.25) is 4.79 Å². The second kappa shape index (κ2) is 4.40. The van der Waals surface area contributed by atoms with Crippen LogP contribution in [0.2, 0.25) is 0 Å². The predicted octanol–water partition coefficient (Wildman–Crippen LogP) is 1.27. The van der Waals surface area contributed by atoms with Gasteiger partial charge in [0.2, 0.25) is 0 Å². The average molecular weight is 246 g/mol. The van der Waals surface area contributed by atoms with Crippen LogP contribution >= 0.6 is 0 Å². The summed E-state index contributed by atoms with van der Waals surface area (Å²) in [6, 6.07) is 4.47. The fourth-order valence-electron chi connectivity index (χ4n) is 1.51. The minimum atomic E-state index is -0.686. The minimum absolute atomic E-state index is 0.00878. The van der Waals surface area contributed by atoms with Gasteiger partial charge in [0.05, 0.1) is 5.56 Å². The number of benzene rings is 1. The van der Waals surface area contributed by atoms with Crippen molar-refractivity contribution in [3.8, 4) is 11.4 Å². The molecule has 5 nitrogen and oxygen atoms in total. The molecule has 1 aromatic heterocycles. The third-order valence-corrected chi connectivity index (χ3v) is 2.50. The van der Waals surface area contributed by atoms with E-state index < -0.39 is 5.91 Å². The Balaban J connectivity index is 2.48. The zero-order valence-corrected chi connectivity index (χ0v) is 9.64. The van der Waals surface area contributed by atoms with E-state index >= 15 is 0 Å². The standard InChI is InChI=1S/C12H11FN4O/c1-6-4-7(2-3-9(6)13)12-16-5-8(11(15)18)10(14)17-12/h2-5H,1H3,(H2,15,18)(H2,14,16,17). The van der Waals surface area contributed by atoms with Gasteiger partial charge in [-0.2, -0.15) is 0 Å². The van der Waals surface area contributed by atoms with Crippen molar-refractivity contribution in [2.45, 2.75) is 6.92 Å². The highest BCUT2D eigenvalue weighted by Gasteiger charge is 2.11. The predicted molar refractivity (Wildman–Crippen MR) is 65.1 cm³/mol. The molecule has 2 rings (SSSR count). The Bertz CT molecular complexity index is 627. The molecule has 0 bridgehead atoms. The summed E-state index contributed by atoms with van der Waals surface area (Å²) in [7, 11) is 0. The second-order valence-corrected chi connectivity index (χ2v) is 3.82. The number of aryl methyl sites for hydroxylation is 1. The number of carbonyl (C=O) groups is 1. The van der Waals surface area contributed by atoms with Gasteiger partial charge in [0, 0.05) is 11.8 Å². The molecule has 0 fully saturated rings. The van der Waals surface area contributed by atoms with Crippen LogP contribution < -0.4 is 11.5 Å². The van der Waals surface area contributed by atoms with Crippen LogP contribution in [0, 0.1) is 12.7 Å². The zero-order chi connectivity index (χ0) is 13.3. The molecule has 0 aliphatic heterocycles. The van der Waals surface area contributed by atoms with Crippen molar-refractivity contribution in [2.75, 3.05) is 5.73 Å². The summed E-state index contributed by atoms with van der Waals surface area (Å²) in [6.07, 6.45) is 1.26. The fraction of sp³-hybridized carbons (Fsp3) is 0.0833. The van der Waals surface area contributed by atoms with Crippen molar-refractivity contribution in [1.29, 1.82) is 0 Å². The number of hydrogen-bond acceptors (Lipinski definition) is 4. The van der Waals surface area contributed by atoms with Gasteiger partial charge in [-0.15, -0.1) is 0 Å². The topological polar surface area (TPSA) is 94.9 Å². The number of amides is 1. The number of anilines is 1. The second-order valence-electron chi connectivity index (χ2n) is 3.82. The Hall–Kier alpha value is -2.50. The molecule has 4 N–H and O–H groups in total. The highest BCUT2D eigenvalue weighted by molar-refractivity contribution is 5.96. The molecule has 0 radical (unpaired) electrons. The van der Waals surface area contributed by atoms with Crippen molar-refractivity contribution < 1.29 is 9.18 Å². The number of aromatic nitrogens is 2. The van der Waals surface area contributed by atoms with Gasteiger partial charge >= 0.3 is 0 Å². The lowest BCUT2D eigenvalue weighted by atomic mass is 10.1. The molecule has 18 heavy (non-hydrogen) atoms. The van der Waals surface area contributed by atoms with Crippen LogP contribution in [0.5, 0.6) is 0 Å². The molecule has 6 heteroatoms. The summed E-state index contributed by atoms with van der Waals surface area (Å²) in [5.41, 5.74) is 11.9. The molecule has 0 saturated carbocycles. The summed E-state index contributed by atoms with van der Waals surface area (Å²) in [5.74, 6) is -0.662. The number of nitrogens with zero attached hydrogens (tertiary/aromatic N) is 2. The Kier molecular flexibility index (Phi) is 2.93. The molecule has 0 unspecified atom stereocenters. The first kappa shape index (κ1) is 12.0. The van der Waals surface area contributed by atoms with Crippen LogP contribution in [0.4, 0.5) is 10.2 Å². The van der Waals surface area contributed by atoms with E-state index in [2.05, 4.69) is 9.97 Å². The molecule has 2 aromatic rings. The van der Waals surface area contributed by atoms with Gasteiger partial charge in [0.15, 0.2) is 5.82 Å². The molecule has 0 atom stereocenters. The van der Waals surface area contributed by atoms with Gasteiger partial charge < -0.3 is 11.5 Å². The summed E-state index contributed by atoms with van der Waals surface area (Å²) in [4.78, 5) is 18.9. The summed E-state index contributed by atoms with van der Waals surface area (Å²) in [5, 5.41) is 0. The molecule has 92 valence electrons. The number of primary amides is 1. The highest BCUT2D eigenvalue weighted by Crippen LogP contribution is 2.20. The van der Waals surface area contributed by atoms with Gasteiger partial charge in [0.1, 0.15) is 11.6 Å². The van der Waals surface area contributed by atoms with Gasteiger partial charge in [0.25, 0.3) is 5.91 Å². The quantitative estimate of drug-likeness (QED) is 0.834. The van der Waals surface area contributed by atoms with E-state index in [4.69, 9.17) is 11.5 Å². The minimum Gasteiger partial charge on any atom is -0.383 e. The first-order valence-electron chi connectivity index (χ1n) is 5.18. The van der Waals surface area contributed by atoms with Crippen molar-refractivity contribution in [2.24, 2.45) is 5.73 Å². The fourth-order valence-corrected chi connectivity index (χ4v) is 1.51. The normalized spacial score (nSPS) is 10.3. The van der Waals surface area contributed by atoms with E-state index in [1.807, 2.05) is 0 Å². The lowest BCUT2D eigenvalue weighted by Gasteiger charge is -2.05. The average Bonchev–Trinajstić information content (AvgIpc) is 2.32. The first-order valence-corrected chi connectivity index (χ1v) is 5.18. The third-order valence-electron chi connectivity index (χ3n) is 2.50. The van der Waals surface area contributed by atoms with E-state index in [0.29, 0.717) is 17.0 Å². The van der Waals surface area contributed by atoms with Gasteiger partial charge in [-0.1, -0.05) is 0 Å². The number of nitrogen functional groups attached to an aromatic ring is 1. The Morgan fingerprint density at radius 2 is 2.11 bits per heavy atom. The van der Waals surface area contributed by atoms with Gasteiger partial charge in [-0.25, -0.2) is 14.4 Å². The Morgan fingerprint density at radius 1 is 1.39 bits per heavy atom. The summed E-state index contributed by atoms with van der Waals surface area (Å²) < 4.78 is 13.1. The molecule has 0 spiro atoms. The van der Waals surface area contributed by atoms with Crippen molar-refractivity contribution in [3.63, 3.8) is 0 Å². The molecule has 1 heterocycles. The number of rotatable bonds is 2. The van der Waals surface area contributed by atoms with Crippen molar-refractivity contribution in [3.05, 3.63) is 41.3 Å². The van der Waals surface area contributed by atoms with E-state index in [9.17, 15) is 9.18 Å². The zero-order valence-electron chi connectivity index (χ0n) is 9.64. The molecular weight excluding hydrogens is 235 g/mol. The molecule has 1 aromatic carbocycles. The number of hydrogen-bond donors (Lipinski definition) is 2. The molecule has 0 aliphatic carbocycles. The SMILES string of the molecule is Cc1cc(-c2ncc(C(N)=O)c(N)n2)ccc1F. The van der Waals surface area contributed by atoms with Crippen molar-refractivity contribution in [1.82, 2.24) is 9.97 Å². The van der Waals surface area contributed by atoms with Crippen LogP contribution in [0.1, 0.15) is 15.9 Å². The molecule has 0 saturated heterocycles. The Labute approximate surface area is 103 Å². The van der Waals surface area contributed by atoms with E-state index in [1.165, 1.54) is 12.3 Å². The largest absolute Gasteiger partial charge is 0.383 e. The highest BCUT2D eigenvalue weighted by atomic mass is 19.1. The molecule has 1 amide bonds. The summed E-state index contributed by atoms with van der Waals surface area (Å²) >= 11 is 0. The number of nitrogens with two attached hydrogens (primary N) is 2. The van der Waals surface area contributed by atoms with Gasteiger partial charge in [-0.05, 0) is 30.7 Å². The number of halogens is 1. The van der Waals surface area contributed by atoms with Crippen LogP contribution in [0.25, 0.3) is 11.4 Å². The summed E-state index contributed by atoms with van der Waals surface area (Å²) in [6.45, 7) is 1.64. The van der Waals surface area contributed by atoms with E-state index in [-0.39, 0.29) is 17.2 Å².